The van der Waals surface area contributed by atoms with Gasteiger partial charge in [0.1, 0.15) is 0 Å². The minimum Gasteiger partial charge on any atom is -0.456 e. The Labute approximate surface area is 177 Å². The lowest BCUT2D eigenvalue weighted by atomic mass is 9.81. The van der Waals surface area contributed by atoms with E-state index in [1.165, 1.54) is 4.90 Å². The van der Waals surface area contributed by atoms with E-state index >= 15 is 0 Å². The van der Waals surface area contributed by atoms with E-state index < -0.39 is 18.5 Å². The second-order valence-electron chi connectivity index (χ2n) is 8.48. The highest BCUT2D eigenvalue weighted by Gasteiger charge is 2.47. The molecule has 162 valence electrons. The predicted molar refractivity (Wildman–Crippen MR) is 112 cm³/mol. The molecule has 30 heavy (non-hydrogen) atoms. The zero-order valence-corrected chi connectivity index (χ0v) is 17.9. The average Bonchev–Trinajstić information content (AvgIpc) is 2.96. The number of rotatable bonds is 7. The number of anilines is 1. The maximum Gasteiger partial charge on any atom is 0.308 e. The number of fused-ring (bicyclic) bond motifs is 1. The summed E-state index contributed by atoms with van der Waals surface area (Å²) >= 11 is 0. The first kappa shape index (κ1) is 22.0. The van der Waals surface area contributed by atoms with Gasteiger partial charge in [0.25, 0.3) is 5.91 Å². The molecule has 7 heteroatoms. The summed E-state index contributed by atoms with van der Waals surface area (Å²) in [7, 11) is 0. The fourth-order valence-electron chi connectivity index (χ4n) is 4.39. The molecule has 0 spiro atoms. The topological polar surface area (TPSA) is 92.8 Å². The van der Waals surface area contributed by atoms with Crippen LogP contribution in [0, 0.1) is 18.8 Å². The Morgan fingerprint density at radius 1 is 1.13 bits per heavy atom. The number of imide groups is 1. The van der Waals surface area contributed by atoms with Crippen molar-refractivity contribution in [2.45, 2.75) is 58.8 Å². The Kier molecular flexibility index (Phi) is 6.90. The number of hydrogen-bond acceptors (Lipinski definition) is 5. The molecule has 2 aliphatic rings. The molecular formula is C23H30N2O5. The van der Waals surface area contributed by atoms with Crippen molar-refractivity contribution in [3.05, 3.63) is 29.3 Å². The van der Waals surface area contributed by atoms with Crippen LogP contribution in [0.5, 0.6) is 0 Å². The highest BCUT2D eigenvalue weighted by Crippen LogP contribution is 2.38. The van der Waals surface area contributed by atoms with Gasteiger partial charge in [0.05, 0.1) is 18.3 Å². The quantitative estimate of drug-likeness (QED) is 0.546. The number of ether oxygens (including phenoxy) is 1. The lowest BCUT2D eigenvalue weighted by Gasteiger charge is -2.19. The van der Waals surface area contributed by atoms with Crippen molar-refractivity contribution in [3.8, 4) is 0 Å². The number of para-hydroxylation sites is 1. The monoisotopic (exact) mass is 414 g/mol. The zero-order chi connectivity index (χ0) is 21.8. The summed E-state index contributed by atoms with van der Waals surface area (Å²) in [5, 5.41) is 2.83. The van der Waals surface area contributed by atoms with E-state index in [1.807, 2.05) is 39.0 Å². The van der Waals surface area contributed by atoms with Gasteiger partial charge in [-0.1, -0.05) is 44.9 Å². The normalized spacial score (nSPS) is 21.0. The average molecular weight is 415 g/mol. The lowest BCUT2D eigenvalue weighted by Crippen LogP contribution is -2.33. The van der Waals surface area contributed by atoms with E-state index in [4.69, 9.17) is 4.74 Å². The second-order valence-corrected chi connectivity index (χ2v) is 8.48. The number of likely N-dealkylation sites (tertiary alicyclic amines) is 1. The van der Waals surface area contributed by atoms with Crippen molar-refractivity contribution in [1.82, 2.24) is 4.90 Å². The molecule has 1 N–H and O–H groups in total. The molecule has 2 fully saturated rings. The maximum atomic E-state index is 12.4. The van der Waals surface area contributed by atoms with Gasteiger partial charge in [-0.3, -0.25) is 24.1 Å². The van der Waals surface area contributed by atoms with Gasteiger partial charge < -0.3 is 10.1 Å². The molecule has 2 atom stereocenters. The standard InChI is InChI=1S/C23H30N2O5/c1-14(2)16-10-6-7-15(3)21(16)24-19(26)13-30-20(27)11-12-25-22(28)17-8-4-5-9-18(17)23(25)29/h6-7,10,14,17-18H,4-5,8-9,11-13H2,1-3H3,(H,24,26)/t17-,18-/m0/s1. The van der Waals surface area contributed by atoms with Crippen LogP contribution >= 0.6 is 0 Å². The van der Waals surface area contributed by atoms with Crippen LogP contribution in [0.15, 0.2) is 18.2 Å². The molecular weight excluding hydrogens is 384 g/mol. The molecule has 1 saturated heterocycles. The fourth-order valence-corrected chi connectivity index (χ4v) is 4.39. The smallest absolute Gasteiger partial charge is 0.308 e. The molecule has 1 aromatic rings. The number of nitrogens with one attached hydrogen (secondary N) is 1. The van der Waals surface area contributed by atoms with Crippen LogP contribution in [0.2, 0.25) is 0 Å². The minimum absolute atomic E-state index is 0.0143. The van der Waals surface area contributed by atoms with Crippen molar-refractivity contribution in [2.24, 2.45) is 11.8 Å². The first-order valence-electron chi connectivity index (χ1n) is 10.7. The van der Waals surface area contributed by atoms with Gasteiger partial charge in [-0.25, -0.2) is 0 Å². The van der Waals surface area contributed by atoms with Gasteiger partial charge in [-0.15, -0.1) is 0 Å². The molecule has 1 saturated carbocycles. The number of nitrogens with zero attached hydrogens (tertiary/aromatic N) is 1. The van der Waals surface area contributed by atoms with Crippen LogP contribution in [0.1, 0.15) is 63.0 Å². The second kappa shape index (κ2) is 9.41. The Morgan fingerprint density at radius 3 is 2.37 bits per heavy atom. The van der Waals surface area contributed by atoms with Crippen LogP contribution in [-0.2, 0) is 23.9 Å². The molecule has 0 aromatic heterocycles. The van der Waals surface area contributed by atoms with E-state index in [-0.39, 0.29) is 42.5 Å². The summed E-state index contributed by atoms with van der Waals surface area (Å²) in [6.07, 6.45) is 3.31. The van der Waals surface area contributed by atoms with Crippen LogP contribution < -0.4 is 5.32 Å². The molecule has 0 radical (unpaired) electrons. The van der Waals surface area contributed by atoms with E-state index in [2.05, 4.69) is 5.32 Å². The maximum absolute atomic E-state index is 12.4. The van der Waals surface area contributed by atoms with Crippen LogP contribution in [0.25, 0.3) is 0 Å². The summed E-state index contributed by atoms with van der Waals surface area (Å²) in [5.41, 5.74) is 2.69. The summed E-state index contributed by atoms with van der Waals surface area (Å²) in [6.45, 7) is 5.61. The Morgan fingerprint density at radius 2 is 1.77 bits per heavy atom. The predicted octanol–water partition coefficient (Wildman–Crippen LogP) is 3.17. The van der Waals surface area contributed by atoms with Crippen molar-refractivity contribution in [1.29, 1.82) is 0 Å². The number of amides is 3. The van der Waals surface area contributed by atoms with Gasteiger partial charge in [0.15, 0.2) is 6.61 Å². The molecule has 1 heterocycles. The van der Waals surface area contributed by atoms with Crippen LogP contribution in [0.4, 0.5) is 5.69 Å². The third kappa shape index (κ3) is 4.71. The van der Waals surface area contributed by atoms with E-state index in [0.29, 0.717) is 0 Å². The Hall–Kier alpha value is -2.70. The first-order chi connectivity index (χ1) is 14.3. The molecule has 1 aliphatic carbocycles. The Balaban J connectivity index is 1.48. The third-order valence-corrected chi connectivity index (χ3v) is 6.03. The van der Waals surface area contributed by atoms with E-state index in [0.717, 1.165) is 42.5 Å². The van der Waals surface area contributed by atoms with Gasteiger partial charge in [0, 0.05) is 12.2 Å². The van der Waals surface area contributed by atoms with Crippen molar-refractivity contribution in [2.75, 3.05) is 18.5 Å². The SMILES string of the molecule is Cc1cccc(C(C)C)c1NC(=O)COC(=O)CCN1C(=O)[C@H]2CCCC[C@@H]2C1=O. The lowest BCUT2D eigenvalue weighted by molar-refractivity contribution is -0.148. The van der Waals surface area contributed by atoms with E-state index in [9.17, 15) is 19.2 Å². The number of esters is 1. The van der Waals surface area contributed by atoms with Gasteiger partial charge >= 0.3 is 5.97 Å². The molecule has 3 rings (SSSR count). The highest BCUT2D eigenvalue weighted by atomic mass is 16.5. The van der Waals surface area contributed by atoms with Crippen molar-refractivity contribution in [3.63, 3.8) is 0 Å². The summed E-state index contributed by atoms with van der Waals surface area (Å²) in [6, 6.07) is 5.81. The molecule has 0 bridgehead atoms. The molecule has 0 unspecified atom stereocenters. The summed E-state index contributed by atoms with van der Waals surface area (Å²) in [4.78, 5) is 50.4. The summed E-state index contributed by atoms with van der Waals surface area (Å²) in [5.74, 6) is -1.57. The van der Waals surface area contributed by atoms with Crippen LogP contribution in [-0.4, -0.2) is 41.7 Å². The van der Waals surface area contributed by atoms with Crippen LogP contribution in [0.3, 0.4) is 0 Å². The van der Waals surface area contributed by atoms with Crippen molar-refractivity contribution < 1.29 is 23.9 Å². The number of benzene rings is 1. The summed E-state index contributed by atoms with van der Waals surface area (Å²) < 4.78 is 5.06. The largest absolute Gasteiger partial charge is 0.456 e. The molecule has 7 nitrogen and oxygen atoms in total. The number of carbonyl (C=O) groups is 4. The number of hydrogen-bond donors (Lipinski definition) is 1. The fraction of sp³-hybridized carbons (Fsp3) is 0.565. The Bertz CT molecular complexity index is 824. The van der Waals surface area contributed by atoms with Gasteiger partial charge in [-0.05, 0) is 36.8 Å². The van der Waals surface area contributed by atoms with Gasteiger partial charge in [-0.2, -0.15) is 0 Å². The van der Waals surface area contributed by atoms with Gasteiger partial charge in [0.2, 0.25) is 11.8 Å². The van der Waals surface area contributed by atoms with Crippen molar-refractivity contribution >= 4 is 29.4 Å². The zero-order valence-electron chi connectivity index (χ0n) is 17.9. The van der Waals surface area contributed by atoms with E-state index in [1.54, 1.807) is 0 Å². The third-order valence-electron chi connectivity index (χ3n) is 6.03. The minimum atomic E-state index is -0.602. The highest BCUT2D eigenvalue weighted by molar-refractivity contribution is 6.05. The first-order valence-corrected chi connectivity index (χ1v) is 10.7. The molecule has 3 amide bonds. The number of carbonyl (C=O) groups excluding carboxylic acids is 4. The molecule has 1 aromatic carbocycles. The number of aryl methyl sites for hydroxylation is 1. The molecule has 1 aliphatic heterocycles.